The Morgan fingerprint density at radius 1 is 1.42 bits per heavy atom. The van der Waals surface area contributed by atoms with E-state index in [9.17, 15) is 12.8 Å². The van der Waals surface area contributed by atoms with E-state index >= 15 is 0 Å². The molecule has 1 atom stereocenters. The molecule has 1 unspecified atom stereocenters. The lowest BCUT2D eigenvalue weighted by Crippen LogP contribution is -2.32. The number of halogens is 1. The summed E-state index contributed by atoms with van der Waals surface area (Å²) in [5.41, 5.74) is 7.34. The number of nitrogens with zero attached hydrogens (tertiary/aromatic N) is 1. The molecule has 1 fully saturated rings. The first-order valence-electron chi connectivity index (χ1n) is 6.29. The third-order valence-corrected chi connectivity index (χ3v) is 5.39. The lowest BCUT2D eigenvalue weighted by atomic mass is 10.1. The van der Waals surface area contributed by atoms with Gasteiger partial charge in [-0.15, -0.1) is 0 Å². The van der Waals surface area contributed by atoms with Crippen molar-refractivity contribution < 1.29 is 12.8 Å². The van der Waals surface area contributed by atoms with Gasteiger partial charge in [-0.3, -0.25) is 4.90 Å². The standard InChI is InChI=1S/C13H19FN2O2S/c1-16(13-4-5-19(17,18)9-13)8-10-2-3-12(14)6-11(10)7-15/h2-3,6,13H,4-5,7-9,15H2,1H3. The third-order valence-electron chi connectivity index (χ3n) is 3.64. The fourth-order valence-electron chi connectivity index (χ4n) is 2.46. The van der Waals surface area contributed by atoms with Gasteiger partial charge in [0, 0.05) is 19.1 Å². The van der Waals surface area contributed by atoms with Gasteiger partial charge in [-0.1, -0.05) is 6.07 Å². The molecule has 0 aliphatic carbocycles. The average molecular weight is 286 g/mol. The van der Waals surface area contributed by atoms with Crippen molar-refractivity contribution >= 4 is 9.84 Å². The van der Waals surface area contributed by atoms with Crippen molar-refractivity contribution in [2.75, 3.05) is 18.6 Å². The van der Waals surface area contributed by atoms with Crippen LogP contribution in [0, 0.1) is 5.82 Å². The number of sulfone groups is 1. The number of hydrogen-bond donors (Lipinski definition) is 1. The second-order valence-corrected chi connectivity index (χ2v) is 7.32. The average Bonchev–Trinajstić information content (AvgIpc) is 2.72. The van der Waals surface area contributed by atoms with Gasteiger partial charge in [0.1, 0.15) is 5.82 Å². The van der Waals surface area contributed by atoms with Gasteiger partial charge >= 0.3 is 0 Å². The Kier molecular flexibility index (Phi) is 4.23. The fraction of sp³-hybridized carbons (Fsp3) is 0.538. The molecule has 19 heavy (non-hydrogen) atoms. The van der Waals surface area contributed by atoms with Crippen LogP contribution in [0.25, 0.3) is 0 Å². The van der Waals surface area contributed by atoms with Gasteiger partial charge in [-0.05, 0) is 36.7 Å². The van der Waals surface area contributed by atoms with E-state index in [4.69, 9.17) is 5.73 Å². The van der Waals surface area contributed by atoms with Gasteiger partial charge in [0.15, 0.2) is 9.84 Å². The summed E-state index contributed by atoms with van der Waals surface area (Å²) < 4.78 is 36.1. The van der Waals surface area contributed by atoms with E-state index in [1.54, 1.807) is 6.07 Å². The predicted molar refractivity (Wildman–Crippen MR) is 72.8 cm³/mol. The summed E-state index contributed by atoms with van der Waals surface area (Å²) in [7, 11) is -0.984. The maximum absolute atomic E-state index is 13.1. The molecular formula is C13H19FN2O2S. The molecule has 1 heterocycles. The van der Waals surface area contributed by atoms with Crippen molar-refractivity contribution in [1.82, 2.24) is 4.90 Å². The molecule has 0 aromatic heterocycles. The molecule has 0 amide bonds. The van der Waals surface area contributed by atoms with Gasteiger partial charge in [-0.25, -0.2) is 12.8 Å². The topological polar surface area (TPSA) is 63.4 Å². The second-order valence-electron chi connectivity index (χ2n) is 5.09. The summed E-state index contributed by atoms with van der Waals surface area (Å²) in [6, 6.07) is 4.61. The van der Waals surface area contributed by atoms with Crippen LogP contribution in [0.15, 0.2) is 18.2 Å². The largest absolute Gasteiger partial charge is 0.326 e. The molecule has 1 saturated heterocycles. The minimum absolute atomic E-state index is 0.0423. The Hall–Kier alpha value is -0.980. The van der Waals surface area contributed by atoms with Gasteiger partial charge in [0.05, 0.1) is 11.5 Å². The highest BCUT2D eigenvalue weighted by Gasteiger charge is 2.30. The molecule has 0 bridgehead atoms. The van der Waals surface area contributed by atoms with Crippen LogP contribution in [0.1, 0.15) is 17.5 Å². The lowest BCUT2D eigenvalue weighted by molar-refractivity contribution is 0.253. The van der Waals surface area contributed by atoms with Gasteiger partial charge in [0.25, 0.3) is 0 Å². The van der Waals surface area contributed by atoms with Crippen LogP contribution < -0.4 is 5.73 Å². The summed E-state index contributed by atoms with van der Waals surface area (Å²) in [5, 5.41) is 0. The molecule has 1 aromatic carbocycles. The number of benzene rings is 1. The molecule has 1 aliphatic heterocycles. The lowest BCUT2D eigenvalue weighted by Gasteiger charge is -2.24. The van der Waals surface area contributed by atoms with Gasteiger partial charge in [0.2, 0.25) is 0 Å². The summed E-state index contributed by atoms with van der Waals surface area (Å²) in [5.74, 6) is 0.174. The second kappa shape index (κ2) is 5.56. The van der Waals surface area contributed by atoms with Crippen LogP contribution in [0.5, 0.6) is 0 Å². The highest BCUT2D eigenvalue weighted by atomic mass is 32.2. The van der Waals surface area contributed by atoms with Crippen LogP contribution >= 0.6 is 0 Å². The minimum Gasteiger partial charge on any atom is -0.326 e. The minimum atomic E-state index is -2.88. The number of rotatable bonds is 4. The molecule has 0 saturated carbocycles. The molecule has 4 nitrogen and oxygen atoms in total. The Morgan fingerprint density at radius 3 is 2.74 bits per heavy atom. The Labute approximate surface area is 113 Å². The van der Waals surface area contributed by atoms with Gasteiger partial charge < -0.3 is 5.73 Å². The molecule has 106 valence electrons. The SMILES string of the molecule is CN(Cc1ccc(F)cc1CN)C1CCS(=O)(=O)C1. The fourth-order valence-corrected chi connectivity index (χ4v) is 4.26. The van der Waals surface area contributed by atoms with Gasteiger partial charge in [-0.2, -0.15) is 0 Å². The van der Waals surface area contributed by atoms with Crippen LogP contribution in [0.4, 0.5) is 4.39 Å². The van der Waals surface area contributed by atoms with E-state index in [1.165, 1.54) is 12.1 Å². The Morgan fingerprint density at radius 2 is 2.16 bits per heavy atom. The van der Waals surface area contributed by atoms with Crippen LogP contribution in [-0.2, 0) is 22.9 Å². The Bertz CT molecular complexity index is 560. The highest BCUT2D eigenvalue weighted by molar-refractivity contribution is 7.91. The molecule has 1 aromatic rings. The van der Waals surface area contributed by atoms with Crippen molar-refractivity contribution in [2.45, 2.75) is 25.6 Å². The zero-order valence-electron chi connectivity index (χ0n) is 11.0. The Balaban J connectivity index is 2.09. The summed E-state index contributed by atoms with van der Waals surface area (Å²) in [6.07, 6.45) is 0.665. The van der Waals surface area contributed by atoms with E-state index < -0.39 is 9.84 Å². The zero-order chi connectivity index (χ0) is 14.0. The number of hydrogen-bond acceptors (Lipinski definition) is 4. The van der Waals surface area contributed by atoms with Crippen LogP contribution in [-0.4, -0.2) is 37.9 Å². The smallest absolute Gasteiger partial charge is 0.151 e. The molecular weight excluding hydrogens is 267 g/mol. The summed E-state index contributed by atoms with van der Waals surface area (Å²) >= 11 is 0. The third kappa shape index (κ3) is 3.52. The highest BCUT2D eigenvalue weighted by Crippen LogP contribution is 2.20. The maximum Gasteiger partial charge on any atom is 0.151 e. The maximum atomic E-state index is 13.1. The molecule has 2 rings (SSSR count). The molecule has 0 spiro atoms. The molecule has 1 aliphatic rings. The normalized spacial score (nSPS) is 22.0. The molecule has 6 heteroatoms. The first kappa shape index (κ1) is 14.4. The summed E-state index contributed by atoms with van der Waals surface area (Å²) in [4.78, 5) is 2.01. The molecule has 0 radical (unpaired) electrons. The predicted octanol–water partition coefficient (Wildman–Crippen LogP) is 0.903. The summed E-state index contributed by atoms with van der Waals surface area (Å²) in [6.45, 7) is 0.872. The van der Waals surface area contributed by atoms with Crippen molar-refractivity contribution in [1.29, 1.82) is 0 Å². The van der Waals surface area contributed by atoms with Crippen molar-refractivity contribution in [3.05, 3.63) is 35.1 Å². The van der Waals surface area contributed by atoms with E-state index in [-0.39, 0.29) is 29.9 Å². The quantitative estimate of drug-likeness (QED) is 0.893. The van der Waals surface area contributed by atoms with Crippen molar-refractivity contribution in [3.8, 4) is 0 Å². The van der Waals surface area contributed by atoms with Crippen LogP contribution in [0.3, 0.4) is 0 Å². The van der Waals surface area contributed by atoms with E-state index in [2.05, 4.69) is 0 Å². The van der Waals surface area contributed by atoms with E-state index in [1.807, 2.05) is 11.9 Å². The first-order chi connectivity index (χ1) is 8.91. The van der Waals surface area contributed by atoms with Crippen LogP contribution in [0.2, 0.25) is 0 Å². The van der Waals surface area contributed by atoms with Crippen molar-refractivity contribution in [2.24, 2.45) is 5.73 Å². The van der Waals surface area contributed by atoms with E-state index in [0.717, 1.165) is 11.1 Å². The monoisotopic (exact) mass is 286 g/mol. The zero-order valence-corrected chi connectivity index (χ0v) is 11.8. The number of nitrogens with two attached hydrogens (primary N) is 1. The molecule has 2 N–H and O–H groups in total. The first-order valence-corrected chi connectivity index (χ1v) is 8.11. The van der Waals surface area contributed by atoms with E-state index in [0.29, 0.717) is 13.0 Å². The van der Waals surface area contributed by atoms with Crippen molar-refractivity contribution in [3.63, 3.8) is 0 Å².